The number of ether oxygens (including phenoxy) is 1. The van der Waals surface area contributed by atoms with E-state index >= 15 is 0 Å². The normalized spacial score (nSPS) is 13.6. The highest BCUT2D eigenvalue weighted by Gasteiger charge is 2.24. The molecule has 0 atom stereocenters. The van der Waals surface area contributed by atoms with Gasteiger partial charge >= 0.3 is 5.97 Å². The van der Waals surface area contributed by atoms with Crippen molar-refractivity contribution in [3.8, 4) is 0 Å². The molecular weight excluding hydrogens is 278 g/mol. The third-order valence-electron chi connectivity index (χ3n) is 2.98. The Morgan fingerprint density at radius 1 is 1.48 bits per heavy atom. The Morgan fingerprint density at radius 3 is 2.81 bits per heavy atom. The van der Waals surface area contributed by atoms with Crippen LogP contribution in [0.4, 0.5) is 0 Å². The Labute approximate surface area is 121 Å². The van der Waals surface area contributed by atoms with Crippen molar-refractivity contribution in [2.75, 3.05) is 20.7 Å². The van der Waals surface area contributed by atoms with E-state index in [1.807, 2.05) is 0 Å². The molecule has 114 valence electrons. The molecule has 9 nitrogen and oxygen atoms in total. The molecule has 1 aliphatic rings. The fourth-order valence-corrected chi connectivity index (χ4v) is 1.64. The second kappa shape index (κ2) is 6.33. The SMILES string of the molecule is COC(=O)c1cn(CC(=O)N(C)CC(=O)NC2CC2)nn1. The predicted molar refractivity (Wildman–Crippen MR) is 70.2 cm³/mol. The summed E-state index contributed by atoms with van der Waals surface area (Å²) >= 11 is 0. The van der Waals surface area contributed by atoms with Gasteiger partial charge in [-0.25, -0.2) is 9.48 Å². The maximum absolute atomic E-state index is 11.9. The monoisotopic (exact) mass is 295 g/mol. The van der Waals surface area contributed by atoms with Crippen LogP contribution in [0.3, 0.4) is 0 Å². The average molecular weight is 295 g/mol. The van der Waals surface area contributed by atoms with Gasteiger partial charge in [0.2, 0.25) is 11.8 Å². The molecule has 1 heterocycles. The highest BCUT2D eigenvalue weighted by Crippen LogP contribution is 2.18. The zero-order valence-electron chi connectivity index (χ0n) is 11.9. The molecule has 1 N–H and O–H groups in total. The number of carbonyl (C=O) groups excluding carboxylic acids is 3. The van der Waals surface area contributed by atoms with Gasteiger partial charge in [-0.15, -0.1) is 5.10 Å². The van der Waals surface area contributed by atoms with Gasteiger partial charge in [-0.05, 0) is 12.8 Å². The largest absolute Gasteiger partial charge is 0.464 e. The molecule has 1 saturated carbocycles. The summed E-state index contributed by atoms with van der Waals surface area (Å²) in [7, 11) is 2.77. The van der Waals surface area contributed by atoms with Crippen LogP contribution in [0.5, 0.6) is 0 Å². The van der Waals surface area contributed by atoms with Gasteiger partial charge in [0.15, 0.2) is 5.69 Å². The number of nitrogens with zero attached hydrogens (tertiary/aromatic N) is 4. The van der Waals surface area contributed by atoms with Gasteiger partial charge in [0.05, 0.1) is 19.9 Å². The molecule has 1 aromatic rings. The summed E-state index contributed by atoms with van der Waals surface area (Å²) < 4.78 is 5.72. The van der Waals surface area contributed by atoms with Crippen LogP contribution in [-0.2, 0) is 20.9 Å². The van der Waals surface area contributed by atoms with Crippen LogP contribution in [0.1, 0.15) is 23.3 Å². The lowest BCUT2D eigenvalue weighted by molar-refractivity contribution is -0.135. The van der Waals surface area contributed by atoms with E-state index in [4.69, 9.17) is 0 Å². The molecule has 0 bridgehead atoms. The molecule has 1 fully saturated rings. The van der Waals surface area contributed by atoms with Gasteiger partial charge in [0.1, 0.15) is 6.54 Å². The number of nitrogens with one attached hydrogen (secondary N) is 1. The zero-order valence-corrected chi connectivity index (χ0v) is 11.9. The van der Waals surface area contributed by atoms with Crippen LogP contribution in [0.15, 0.2) is 6.20 Å². The van der Waals surface area contributed by atoms with Crippen molar-refractivity contribution >= 4 is 17.8 Å². The van der Waals surface area contributed by atoms with E-state index in [0.717, 1.165) is 12.8 Å². The minimum atomic E-state index is -0.620. The molecule has 21 heavy (non-hydrogen) atoms. The lowest BCUT2D eigenvalue weighted by atomic mass is 10.4. The van der Waals surface area contributed by atoms with E-state index in [2.05, 4.69) is 20.4 Å². The number of methoxy groups -OCH3 is 1. The molecule has 2 rings (SSSR count). The Balaban J connectivity index is 1.83. The highest BCUT2D eigenvalue weighted by molar-refractivity contribution is 5.87. The van der Waals surface area contributed by atoms with Crippen LogP contribution in [-0.4, -0.2) is 64.4 Å². The van der Waals surface area contributed by atoms with Crippen molar-refractivity contribution in [1.29, 1.82) is 0 Å². The van der Waals surface area contributed by atoms with Crippen molar-refractivity contribution < 1.29 is 19.1 Å². The van der Waals surface area contributed by atoms with Crippen LogP contribution in [0, 0.1) is 0 Å². The van der Waals surface area contributed by atoms with E-state index in [1.165, 1.54) is 29.9 Å². The molecule has 9 heteroatoms. The van der Waals surface area contributed by atoms with E-state index in [1.54, 1.807) is 0 Å². The summed E-state index contributed by atoms with van der Waals surface area (Å²) in [5.74, 6) is -1.10. The summed E-state index contributed by atoms with van der Waals surface area (Å²) in [5, 5.41) is 10.1. The number of aromatic nitrogens is 3. The van der Waals surface area contributed by atoms with Crippen molar-refractivity contribution in [1.82, 2.24) is 25.2 Å². The van der Waals surface area contributed by atoms with Crippen LogP contribution >= 0.6 is 0 Å². The summed E-state index contributed by atoms with van der Waals surface area (Å²) in [6.45, 7) is -0.106. The number of carbonyl (C=O) groups is 3. The van der Waals surface area contributed by atoms with Crippen LogP contribution in [0.25, 0.3) is 0 Å². The topological polar surface area (TPSA) is 106 Å². The zero-order chi connectivity index (χ0) is 15.4. The molecule has 0 unspecified atom stereocenters. The fraction of sp³-hybridized carbons (Fsp3) is 0.583. The van der Waals surface area contributed by atoms with Gasteiger partial charge in [0.25, 0.3) is 0 Å². The van der Waals surface area contributed by atoms with Crippen molar-refractivity contribution in [3.63, 3.8) is 0 Å². The second-order valence-corrected chi connectivity index (χ2v) is 4.88. The Morgan fingerprint density at radius 2 is 2.19 bits per heavy atom. The second-order valence-electron chi connectivity index (χ2n) is 4.88. The molecule has 1 aliphatic carbocycles. The standard InChI is InChI=1S/C12H17N5O4/c1-16(6-10(18)13-8-3-4-8)11(19)7-17-5-9(14-15-17)12(20)21-2/h5,8H,3-4,6-7H2,1-2H3,(H,13,18). The Hall–Kier alpha value is -2.45. The maximum Gasteiger partial charge on any atom is 0.360 e. The van der Waals surface area contributed by atoms with E-state index in [-0.39, 0.29) is 36.6 Å². The Kier molecular flexibility index (Phi) is 4.51. The minimum Gasteiger partial charge on any atom is -0.464 e. The Bertz CT molecular complexity index is 552. The van der Waals surface area contributed by atoms with Crippen LogP contribution < -0.4 is 5.32 Å². The van der Waals surface area contributed by atoms with Gasteiger partial charge < -0.3 is 15.0 Å². The van der Waals surface area contributed by atoms with Crippen molar-refractivity contribution in [2.24, 2.45) is 0 Å². The summed E-state index contributed by atoms with van der Waals surface area (Å²) in [6.07, 6.45) is 3.32. The fourth-order valence-electron chi connectivity index (χ4n) is 1.64. The first-order valence-corrected chi connectivity index (χ1v) is 6.51. The average Bonchev–Trinajstić information content (AvgIpc) is 3.13. The number of amides is 2. The van der Waals surface area contributed by atoms with Crippen LogP contribution in [0.2, 0.25) is 0 Å². The first kappa shape index (κ1) is 14.9. The lowest BCUT2D eigenvalue weighted by Crippen LogP contribution is -2.40. The lowest BCUT2D eigenvalue weighted by Gasteiger charge is -2.16. The highest BCUT2D eigenvalue weighted by atomic mass is 16.5. The number of esters is 1. The molecular formula is C12H17N5O4. The summed E-state index contributed by atoms with van der Waals surface area (Å²) in [6, 6.07) is 0.263. The summed E-state index contributed by atoms with van der Waals surface area (Å²) in [5.41, 5.74) is 0.0272. The molecule has 0 spiro atoms. The van der Waals surface area contributed by atoms with Gasteiger partial charge in [-0.2, -0.15) is 0 Å². The molecule has 0 radical (unpaired) electrons. The first-order valence-electron chi connectivity index (χ1n) is 6.51. The quantitative estimate of drug-likeness (QED) is 0.661. The molecule has 1 aromatic heterocycles. The van der Waals surface area contributed by atoms with Crippen molar-refractivity contribution in [3.05, 3.63) is 11.9 Å². The third kappa shape index (κ3) is 4.26. The first-order chi connectivity index (χ1) is 9.99. The van der Waals surface area contributed by atoms with E-state index in [0.29, 0.717) is 0 Å². The number of hydrogen-bond acceptors (Lipinski definition) is 6. The van der Waals surface area contributed by atoms with Gasteiger partial charge in [-0.1, -0.05) is 5.21 Å². The van der Waals surface area contributed by atoms with E-state index < -0.39 is 5.97 Å². The third-order valence-corrected chi connectivity index (χ3v) is 2.98. The molecule has 0 saturated heterocycles. The number of likely N-dealkylation sites (N-methyl/N-ethyl adjacent to an activating group) is 1. The predicted octanol–water partition coefficient (Wildman–Crippen LogP) is -1.20. The molecule has 0 aromatic carbocycles. The van der Waals surface area contributed by atoms with Crippen molar-refractivity contribution in [2.45, 2.75) is 25.4 Å². The minimum absolute atomic E-state index is 0.00606. The number of hydrogen-bond donors (Lipinski definition) is 1. The van der Waals surface area contributed by atoms with Gasteiger partial charge in [0, 0.05) is 13.1 Å². The summed E-state index contributed by atoms with van der Waals surface area (Å²) in [4.78, 5) is 36.0. The van der Waals surface area contributed by atoms with E-state index in [9.17, 15) is 14.4 Å². The smallest absolute Gasteiger partial charge is 0.360 e. The number of rotatable bonds is 6. The molecule has 2 amide bonds. The maximum atomic E-state index is 11.9. The van der Waals surface area contributed by atoms with Gasteiger partial charge in [-0.3, -0.25) is 9.59 Å². The molecule has 0 aliphatic heterocycles.